The molecule has 0 saturated heterocycles. The second-order valence-electron chi connectivity index (χ2n) is 5.80. The average molecular weight is 228 g/mol. The summed E-state index contributed by atoms with van der Waals surface area (Å²) in [6.07, 6.45) is 3.12. The van der Waals surface area contributed by atoms with E-state index in [2.05, 4.69) is 27.7 Å². The SMILES string of the molecule is COC(=O)C1CCC(OC(C)C(C)(C)C)C1. The van der Waals surface area contributed by atoms with E-state index in [0.717, 1.165) is 19.3 Å². The number of esters is 1. The van der Waals surface area contributed by atoms with Gasteiger partial charge >= 0.3 is 5.97 Å². The molecule has 0 amide bonds. The fourth-order valence-corrected chi connectivity index (χ4v) is 1.94. The molecule has 0 aliphatic heterocycles. The van der Waals surface area contributed by atoms with Crippen LogP contribution in [-0.4, -0.2) is 25.3 Å². The highest BCUT2D eigenvalue weighted by atomic mass is 16.5. The van der Waals surface area contributed by atoms with Gasteiger partial charge in [-0.3, -0.25) is 4.79 Å². The molecule has 0 spiro atoms. The molecule has 0 aromatic carbocycles. The standard InChI is InChI=1S/C13H24O3/c1-9(13(2,3)4)16-11-7-6-10(8-11)12(14)15-5/h9-11H,6-8H2,1-5H3. The number of ether oxygens (including phenoxy) is 2. The first kappa shape index (κ1) is 13.5. The van der Waals surface area contributed by atoms with Gasteiger partial charge in [0.15, 0.2) is 0 Å². The Labute approximate surface area is 98.5 Å². The summed E-state index contributed by atoms with van der Waals surface area (Å²) in [6.45, 7) is 8.62. The van der Waals surface area contributed by atoms with Crippen molar-refractivity contribution in [3.05, 3.63) is 0 Å². The first-order valence-corrected chi connectivity index (χ1v) is 6.08. The summed E-state index contributed by atoms with van der Waals surface area (Å²) in [4.78, 5) is 11.4. The molecule has 3 atom stereocenters. The molecule has 16 heavy (non-hydrogen) atoms. The highest BCUT2D eigenvalue weighted by Gasteiger charge is 2.33. The minimum absolute atomic E-state index is 0.0437. The number of methoxy groups -OCH3 is 1. The predicted molar refractivity (Wildman–Crippen MR) is 63.1 cm³/mol. The van der Waals surface area contributed by atoms with E-state index in [4.69, 9.17) is 9.47 Å². The zero-order chi connectivity index (χ0) is 12.3. The first-order valence-electron chi connectivity index (χ1n) is 6.08. The van der Waals surface area contributed by atoms with Crippen molar-refractivity contribution in [3.63, 3.8) is 0 Å². The van der Waals surface area contributed by atoms with Gasteiger partial charge in [0.05, 0.1) is 25.2 Å². The fourth-order valence-electron chi connectivity index (χ4n) is 1.94. The minimum Gasteiger partial charge on any atom is -0.469 e. The zero-order valence-electron chi connectivity index (χ0n) is 11.1. The first-order chi connectivity index (χ1) is 7.34. The zero-order valence-corrected chi connectivity index (χ0v) is 11.1. The third-order valence-corrected chi connectivity index (χ3v) is 3.54. The molecule has 1 rings (SSSR count). The van der Waals surface area contributed by atoms with Gasteiger partial charge in [-0.2, -0.15) is 0 Å². The predicted octanol–water partition coefficient (Wildman–Crippen LogP) is 2.78. The van der Waals surface area contributed by atoms with E-state index >= 15 is 0 Å². The smallest absolute Gasteiger partial charge is 0.308 e. The van der Waals surface area contributed by atoms with Crippen LogP contribution in [0.15, 0.2) is 0 Å². The maximum absolute atomic E-state index is 11.4. The fraction of sp³-hybridized carbons (Fsp3) is 0.923. The topological polar surface area (TPSA) is 35.5 Å². The summed E-state index contributed by atoms with van der Waals surface area (Å²) in [5.74, 6) is -0.0447. The normalized spacial score (nSPS) is 27.8. The molecular formula is C13H24O3. The lowest BCUT2D eigenvalue weighted by Gasteiger charge is -2.30. The monoisotopic (exact) mass is 228 g/mol. The second-order valence-corrected chi connectivity index (χ2v) is 5.80. The Kier molecular flexibility index (Phi) is 4.36. The summed E-state index contributed by atoms with van der Waals surface area (Å²) in [5, 5.41) is 0. The van der Waals surface area contributed by atoms with Crippen molar-refractivity contribution >= 4 is 5.97 Å². The molecule has 3 unspecified atom stereocenters. The van der Waals surface area contributed by atoms with Crippen LogP contribution in [0.1, 0.15) is 47.0 Å². The Morgan fingerprint density at radius 2 is 1.94 bits per heavy atom. The van der Waals surface area contributed by atoms with Crippen LogP contribution in [0.3, 0.4) is 0 Å². The second kappa shape index (κ2) is 5.17. The largest absolute Gasteiger partial charge is 0.469 e. The lowest BCUT2D eigenvalue weighted by atomic mass is 9.90. The van der Waals surface area contributed by atoms with E-state index in [1.54, 1.807) is 0 Å². The van der Waals surface area contributed by atoms with E-state index in [1.165, 1.54) is 7.11 Å². The van der Waals surface area contributed by atoms with Gasteiger partial charge in [0.2, 0.25) is 0 Å². The Morgan fingerprint density at radius 1 is 1.31 bits per heavy atom. The third-order valence-electron chi connectivity index (χ3n) is 3.54. The molecule has 0 aromatic heterocycles. The van der Waals surface area contributed by atoms with Crippen LogP contribution < -0.4 is 0 Å². The molecule has 94 valence electrons. The van der Waals surface area contributed by atoms with Crippen molar-refractivity contribution in [2.45, 2.75) is 59.2 Å². The van der Waals surface area contributed by atoms with Crippen LogP contribution in [-0.2, 0) is 14.3 Å². The molecule has 0 radical (unpaired) electrons. The molecule has 0 aromatic rings. The molecule has 1 aliphatic rings. The Morgan fingerprint density at radius 3 is 2.44 bits per heavy atom. The summed E-state index contributed by atoms with van der Waals surface area (Å²) in [7, 11) is 1.45. The Hall–Kier alpha value is -0.570. The maximum atomic E-state index is 11.4. The van der Waals surface area contributed by atoms with Gasteiger partial charge in [0.25, 0.3) is 0 Å². The van der Waals surface area contributed by atoms with Crippen LogP contribution in [0.5, 0.6) is 0 Å². The lowest BCUT2D eigenvalue weighted by molar-refractivity contribution is -0.145. The van der Waals surface area contributed by atoms with Crippen molar-refractivity contribution in [1.82, 2.24) is 0 Å². The van der Waals surface area contributed by atoms with Crippen LogP contribution in [0.25, 0.3) is 0 Å². The molecule has 1 fully saturated rings. The number of rotatable bonds is 3. The van der Waals surface area contributed by atoms with Crippen LogP contribution in [0.4, 0.5) is 0 Å². The van der Waals surface area contributed by atoms with Crippen molar-refractivity contribution in [3.8, 4) is 0 Å². The Bertz CT molecular complexity index is 242. The highest BCUT2D eigenvalue weighted by molar-refractivity contribution is 5.72. The number of hydrogen-bond donors (Lipinski definition) is 0. The summed E-state index contributed by atoms with van der Waals surface area (Å²) < 4.78 is 10.8. The molecule has 0 bridgehead atoms. The third kappa shape index (κ3) is 3.48. The minimum atomic E-state index is -0.0884. The summed E-state index contributed by atoms with van der Waals surface area (Å²) in [6, 6.07) is 0. The van der Waals surface area contributed by atoms with E-state index in [9.17, 15) is 4.79 Å². The van der Waals surface area contributed by atoms with E-state index in [-0.39, 0.29) is 29.5 Å². The van der Waals surface area contributed by atoms with Crippen LogP contribution in [0, 0.1) is 11.3 Å². The van der Waals surface area contributed by atoms with Gasteiger partial charge in [-0.05, 0) is 31.6 Å². The van der Waals surface area contributed by atoms with Crippen molar-refractivity contribution in [2.24, 2.45) is 11.3 Å². The van der Waals surface area contributed by atoms with Gasteiger partial charge in [-0.15, -0.1) is 0 Å². The van der Waals surface area contributed by atoms with E-state index in [0.29, 0.717) is 0 Å². The van der Waals surface area contributed by atoms with Gasteiger partial charge in [-0.25, -0.2) is 0 Å². The highest BCUT2D eigenvalue weighted by Crippen LogP contribution is 2.32. The van der Waals surface area contributed by atoms with Crippen molar-refractivity contribution in [1.29, 1.82) is 0 Å². The molecule has 0 N–H and O–H groups in total. The molecule has 1 saturated carbocycles. The van der Waals surface area contributed by atoms with Gasteiger partial charge in [0, 0.05) is 0 Å². The Balaban J connectivity index is 2.40. The lowest BCUT2D eigenvalue weighted by Crippen LogP contribution is -2.30. The summed E-state index contributed by atoms with van der Waals surface area (Å²) in [5.41, 5.74) is 0.156. The quantitative estimate of drug-likeness (QED) is 0.697. The van der Waals surface area contributed by atoms with E-state index < -0.39 is 0 Å². The van der Waals surface area contributed by atoms with Crippen LogP contribution in [0.2, 0.25) is 0 Å². The average Bonchev–Trinajstić information content (AvgIpc) is 2.63. The van der Waals surface area contributed by atoms with E-state index in [1.807, 2.05) is 0 Å². The van der Waals surface area contributed by atoms with Gasteiger partial charge in [0.1, 0.15) is 0 Å². The van der Waals surface area contributed by atoms with Crippen molar-refractivity contribution < 1.29 is 14.3 Å². The van der Waals surface area contributed by atoms with Gasteiger partial charge < -0.3 is 9.47 Å². The molecule has 3 heteroatoms. The molecule has 0 heterocycles. The molecule has 1 aliphatic carbocycles. The maximum Gasteiger partial charge on any atom is 0.308 e. The number of hydrogen-bond acceptors (Lipinski definition) is 3. The summed E-state index contributed by atoms with van der Waals surface area (Å²) >= 11 is 0. The van der Waals surface area contributed by atoms with Crippen molar-refractivity contribution in [2.75, 3.05) is 7.11 Å². The van der Waals surface area contributed by atoms with Gasteiger partial charge in [-0.1, -0.05) is 20.8 Å². The van der Waals surface area contributed by atoms with Crippen LogP contribution >= 0.6 is 0 Å². The molecular weight excluding hydrogens is 204 g/mol. The number of carbonyl (C=O) groups is 1. The molecule has 3 nitrogen and oxygen atoms in total. The number of carbonyl (C=O) groups excluding carboxylic acids is 1.